The fourth-order valence-corrected chi connectivity index (χ4v) is 1.43. The molecule has 0 N–H and O–H groups in total. The second-order valence-corrected chi connectivity index (χ2v) is 3.65. The molecule has 0 saturated heterocycles. The van der Waals surface area contributed by atoms with Crippen LogP contribution in [0.2, 0.25) is 0 Å². The predicted octanol–water partition coefficient (Wildman–Crippen LogP) is 1.12. The zero-order valence-electron chi connectivity index (χ0n) is 9.93. The molecular weight excluding hydrogens is 279 g/mol. The third-order valence-electron chi connectivity index (χ3n) is 2.25. The van der Waals surface area contributed by atoms with E-state index in [1.807, 2.05) is 0 Å². The van der Waals surface area contributed by atoms with Crippen LogP contribution in [-0.2, 0) is 16.1 Å². The average Bonchev–Trinajstić information content (AvgIpc) is 2.36. The first kappa shape index (κ1) is 15.3. The maximum absolute atomic E-state index is 12.4. The number of hydrogen-bond donors (Lipinski definition) is 0. The fraction of sp³-hybridized carbons (Fsp3) is 0.300. The first-order valence-electron chi connectivity index (χ1n) is 5.25. The van der Waals surface area contributed by atoms with Crippen molar-refractivity contribution < 1.29 is 29.0 Å². The van der Waals surface area contributed by atoms with Gasteiger partial charge in [-0.25, -0.2) is 0 Å². The minimum absolute atomic E-state index is 0.0738. The van der Waals surface area contributed by atoms with Gasteiger partial charge in [-0.05, 0) is 17.7 Å². The Hall–Kier alpha value is -2.78. The van der Waals surface area contributed by atoms with E-state index in [2.05, 4.69) is 9.68 Å². The Morgan fingerprint density at radius 1 is 1.20 bits per heavy atom. The summed E-state index contributed by atoms with van der Waals surface area (Å²) in [5.41, 5.74) is 0.302. The number of carbonyl (C=O) groups is 1. The van der Waals surface area contributed by atoms with Gasteiger partial charge in [0.1, 0.15) is 12.7 Å². The van der Waals surface area contributed by atoms with Gasteiger partial charge in [-0.1, -0.05) is 12.1 Å². The summed E-state index contributed by atoms with van der Waals surface area (Å²) in [5, 5.41) is 18.1. The van der Waals surface area contributed by atoms with Crippen molar-refractivity contribution in [2.24, 2.45) is 0 Å². The van der Waals surface area contributed by atoms with Gasteiger partial charge in [0.05, 0.1) is 5.56 Å². The summed E-state index contributed by atoms with van der Waals surface area (Å²) in [6.07, 6.45) is -1.27. The summed E-state index contributed by atoms with van der Waals surface area (Å²) in [7, 11) is 0. The molecule has 0 aliphatic heterocycles. The van der Waals surface area contributed by atoms with E-state index in [0.717, 1.165) is 0 Å². The second kappa shape index (κ2) is 6.97. The van der Waals surface area contributed by atoms with Crippen LogP contribution in [0.1, 0.15) is 15.9 Å². The van der Waals surface area contributed by atoms with E-state index in [9.17, 15) is 29.4 Å². The molecule has 0 aliphatic rings. The average molecular weight is 288 g/mol. The summed E-state index contributed by atoms with van der Waals surface area (Å²) in [6, 6.07) is 3.49. The van der Waals surface area contributed by atoms with Crippen molar-refractivity contribution in [3.05, 3.63) is 55.6 Å². The molecule has 0 amide bonds. The number of halogens is 1. The lowest BCUT2D eigenvalue weighted by molar-refractivity contribution is -0.789. The Kier molecular flexibility index (Phi) is 5.32. The molecule has 0 bridgehead atoms. The normalized spacial score (nSPS) is 11.4. The van der Waals surface area contributed by atoms with E-state index >= 15 is 0 Å². The molecule has 9 nitrogen and oxygen atoms in total. The van der Waals surface area contributed by atoms with Crippen molar-refractivity contribution in [3.8, 4) is 0 Å². The van der Waals surface area contributed by atoms with Crippen LogP contribution in [0.4, 0.5) is 4.39 Å². The first-order valence-corrected chi connectivity index (χ1v) is 5.25. The van der Waals surface area contributed by atoms with Crippen molar-refractivity contribution in [2.45, 2.75) is 12.5 Å². The Morgan fingerprint density at radius 3 is 2.25 bits per heavy atom. The topological polar surface area (TPSA) is 122 Å². The van der Waals surface area contributed by atoms with Gasteiger partial charge in [0, 0.05) is 6.42 Å². The van der Waals surface area contributed by atoms with Crippen LogP contribution < -0.4 is 0 Å². The van der Waals surface area contributed by atoms with Crippen LogP contribution in [0.5, 0.6) is 0 Å². The molecule has 10 heteroatoms. The van der Waals surface area contributed by atoms with Crippen LogP contribution in [0.3, 0.4) is 0 Å². The molecule has 0 radical (unpaired) electrons. The fourth-order valence-electron chi connectivity index (χ4n) is 1.43. The third kappa shape index (κ3) is 5.25. The van der Waals surface area contributed by atoms with Crippen molar-refractivity contribution in [2.75, 3.05) is 6.61 Å². The van der Waals surface area contributed by atoms with E-state index in [1.165, 1.54) is 24.3 Å². The van der Waals surface area contributed by atoms with Crippen LogP contribution >= 0.6 is 0 Å². The minimum atomic E-state index is -1.61. The van der Waals surface area contributed by atoms with Gasteiger partial charge in [0.2, 0.25) is 0 Å². The Balaban J connectivity index is 2.69. The molecule has 0 aliphatic carbocycles. The van der Waals surface area contributed by atoms with Gasteiger partial charge in [0.15, 0.2) is 0 Å². The van der Waals surface area contributed by atoms with Gasteiger partial charge in [0.25, 0.3) is 10.2 Å². The van der Waals surface area contributed by atoms with E-state index in [-0.39, 0.29) is 12.0 Å². The van der Waals surface area contributed by atoms with Crippen molar-refractivity contribution in [1.29, 1.82) is 0 Å². The number of carbonyl (C=O) groups excluding carboxylic acids is 1. The van der Waals surface area contributed by atoms with Crippen molar-refractivity contribution in [3.63, 3.8) is 0 Å². The Bertz CT molecular complexity index is 505. The standard InChI is InChI=1S/C10H9FN2O7/c11-10(14)8-3-1-7(2-4-8)5-9(20-13(17)18)6-19-12(15)16/h1-4,9H,5-6H2. The summed E-state index contributed by atoms with van der Waals surface area (Å²) in [4.78, 5) is 39.0. The zero-order chi connectivity index (χ0) is 15.1. The molecule has 1 atom stereocenters. The van der Waals surface area contributed by atoms with Gasteiger partial charge >= 0.3 is 6.04 Å². The molecule has 108 valence electrons. The lowest BCUT2D eigenvalue weighted by Gasteiger charge is -2.13. The third-order valence-corrected chi connectivity index (χ3v) is 2.25. The highest BCUT2D eigenvalue weighted by molar-refractivity contribution is 5.88. The van der Waals surface area contributed by atoms with Crippen LogP contribution in [-0.4, -0.2) is 28.9 Å². The lowest BCUT2D eigenvalue weighted by Crippen LogP contribution is -2.26. The summed E-state index contributed by atoms with van der Waals surface area (Å²) in [6.45, 7) is -0.627. The molecule has 1 aromatic rings. The molecule has 20 heavy (non-hydrogen) atoms. The van der Waals surface area contributed by atoms with Gasteiger partial charge < -0.3 is 9.68 Å². The SMILES string of the molecule is O=C(F)c1ccc(CC(CO[N+](=O)[O-])O[N+](=O)[O-])cc1. The Morgan fingerprint density at radius 2 is 1.80 bits per heavy atom. The summed E-state index contributed by atoms with van der Waals surface area (Å²) >= 11 is 0. The minimum Gasteiger partial charge on any atom is -0.312 e. The summed E-state index contributed by atoms with van der Waals surface area (Å²) in [5.74, 6) is 0. The smallest absolute Gasteiger partial charge is 0.312 e. The molecule has 0 fully saturated rings. The van der Waals surface area contributed by atoms with E-state index in [1.54, 1.807) is 0 Å². The van der Waals surface area contributed by atoms with Crippen LogP contribution in [0, 0.1) is 20.2 Å². The van der Waals surface area contributed by atoms with E-state index in [4.69, 9.17) is 0 Å². The first-order chi connectivity index (χ1) is 9.38. The van der Waals surface area contributed by atoms with Gasteiger partial charge in [-0.15, -0.1) is 20.2 Å². The maximum atomic E-state index is 12.4. The number of hydrogen-bond acceptors (Lipinski definition) is 7. The quantitative estimate of drug-likeness (QED) is 0.399. The largest absolute Gasteiger partial charge is 0.332 e. The second-order valence-electron chi connectivity index (χ2n) is 3.65. The maximum Gasteiger partial charge on any atom is 0.332 e. The van der Waals surface area contributed by atoms with Crippen LogP contribution in [0.25, 0.3) is 0 Å². The molecule has 0 aromatic heterocycles. The lowest BCUT2D eigenvalue weighted by atomic mass is 10.1. The van der Waals surface area contributed by atoms with E-state index in [0.29, 0.717) is 5.56 Å². The highest BCUT2D eigenvalue weighted by Gasteiger charge is 2.16. The molecular formula is C10H9FN2O7. The van der Waals surface area contributed by atoms with Gasteiger partial charge in [-0.2, -0.15) is 4.39 Å². The molecule has 0 heterocycles. The number of benzene rings is 1. The predicted molar refractivity (Wildman–Crippen MR) is 60.4 cm³/mol. The number of nitrogens with zero attached hydrogens (tertiary/aromatic N) is 2. The van der Waals surface area contributed by atoms with Crippen LogP contribution in [0.15, 0.2) is 24.3 Å². The molecule has 1 rings (SSSR count). The Labute approximate surface area is 111 Å². The summed E-state index contributed by atoms with van der Waals surface area (Å²) < 4.78 is 12.4. The van der Waals surface area contributed by atoms with E-state index < -0.39 is 28.9 Å². The van der Waals surface area contributed by atoms with Crippen molar-refractivity contribution >= 4 is 6.04 Å². The highest BCUT2D eigenvalue weighted by Crippen LogP contribution is 2.10. The monoisotopic (exact) mass is 288 g/mol. The highest BCUT2D eigenvalue weighted by atomic mass is 19.1. The molecule has 0 spiro atoms. The zero-order valence-corrected chi connectivity index (χ0v) is 9.93. The molecule has 0 saturated carbocycles. The van der Waals surface area contributed by atoms with Crippen molar-refractivity contribution in [1.82, 2.24) is 0 Å². The molecule has 1 aromatic carbocycles. The number of rotatable bonds is 8. The molecule has 1 unspecified atom stereocenters. The van der Waals surface area contributed by atoms with Gasteiger partial charge in [-0.3, -0.25) is 4.79 Å².